The molecule has 0 bridgehead atoms. The van der Waals surface area contributed by atoms with Gasteiger partial charge in [-0.25, -0.2) is 0 Å². The molecule has 0 aliphatic carbocycles. The molecule has 1 N–H and O–H groups in total. The number of aryl methyl sites for hydroxylation is 1. The fourth-order valence-corrected chi connectivity index (χ4v) is 1.67. The molecule has 0 heterocycles. The Kier molecular flexibility index (Phi) is 5.65. The van der Waals surface area contributed by atoms with Crippen molar-refractivity contribution in [3.8, 4) is 5.75 Å². The lowest BCUT2D eigenvalue weighted by molar-refractivity contribution is 0.0950. The quantitative estimate of drug-likeness (QED) is 0.833. The van der Waals surface area contributed by atoms with Gasteiger partial charge in [-0.1, -0.05) is 13.0 Å². The van der Waals surface area contributed by atoms with Gasteiger partial charge in [0.15, 0.2) is 0 Å². The van der Waals surface area contributed by atoms with Crippen LogP contribution in [0.25, 0.3) is 0 Å². The van der Waals surface area contributed by atoms with Crippen LogP contribution in [0.4, 0.5) is 0 Å². The minimum Gasteiger partial charge on any atom is -0.496 e. The second-order valence-corrected chi connectivity index (χ2v) is 4.44. The summed E-state index contributed by atoms with van der Waals surface area (Å²) in [6, 6.07) is 5.58. The Labute approximate surface area is 109 Å². The van der Waals surface area contributed by atoms with E-state index in [4.69, 9.17) is 4.74 Å². The topological polar surface area (TPSA) is 41.6 Å². The Morgan fingerprint density at radius 3 is 2.67 bits per heavy atom. The standard InChI is InChI=1S/C14H22N2O2/c1-5-11-6-7-12(10-13(11)18-4)14(17)15-8-9-16(2)3/h6-7,10H,5,8-9H2,1-4H3,(H,15,17). The van der Waals surface area contributed by atoms with Crippen LogP contribution in [0.2, 0.25) is 0 Å². The van der Waals surface area contributed by atoms with E-state index in [2.05, 4.69) is 12.2 Å². The SMILES string of the molecule is CCc1ccc(C(=O)NCCN(C)C)cc1OC. The minimum atomic E-state index is -0.0576. The summed E-state index contributed by atoms with van der Waals surface area (Å²) in [5.74, 6) is 0.718. The number of carbonyl (C=O) groups is 1. The van der Waals surface area contributed by atoms with E-state index >= 15 is 0 Å². The number of carbonyl (C=O) groups excluding carboxylic acids is 1. The van der Waals surface area contributed by atoms with Crippen molar-refractivity contribution in [1.29, 1.82) is 0 Å². The molecule has 18 heavy (non-hydrogen) atoms. The molecule has 0 spiro atoms. The average molecular weight is 250 g/mol. The van der Waals surface area contributed by atoms with Crippen molar-refractivity contribution in [2.24, 2.45) is 0 Å². The van der Waals surface area contributed by atoms with Crippen LogP contribution in [-0.4, -0.2) is 45.1 Å². The molecule has 1 rings (SSSR count). The van der Waals surface area contributed by atoms with Crippen LogP contribution in [0.15, 0.2) is 18.2 Å². The molecule has 1 aromatic rings. The van der Waals surface area contributed by atoms with Gasteiger partial charge in [0, 0.05) is 18.7 Å². The van der Waals surface area contributed by atoms with E-state index in [-0.39, 0.29) is 5.91 Å². The van der Waals surface area contributed by atoms with Gasteiger partial charge in [0.1, 0.15) is 5.75 Å². The van der Waals surface area contributed by atoms with Crippen molar-refractivity contribution in [3.63, 3.8) is 0 Å². The molecule has 1 amide bonds. The van der Waals surface area contributed by atoms with Crippen LogP contribution in [0, 0.1) is 0 Å². The third kappa shape index (κ3) is 4.04. The maximum atomic E-state index is 11.9. The number of amides is 1. The number of benzene rings is 1. The summed E-state index contributed by atoms with van der Waals surface area (Å²) in [6.07, 6.45) is 0.895. The third-order valence-electron chi connectivity index (χ3n) is 2.77. The van der Waals surface area contributed by atoms with Crippen molar-refractivity contribution in [2.45, 2.75) is 13.3 Å². The van der Waals surface area contributed by atoms with E-state index in [1.165, 1.54) is 0 Å². The van der Waals surface area contributed by atoms with Crippen LogP contribution < -0.4 is 10.1 Å². The molecule has 4 nitrogen and oxygen atoms in total. The van der Waals surface area contributed by atoms with E-state index in [0.717, 1.165) is 24.3 Å². The van der Waals surface area contributed by atoms with Crippen molar-refractivity contribution in [2.75, 3.05) is 34.3 Å². The average Bonchev–Trinajstić information content (AvgIpc) is 2.37. The Morgan fingerprint density at radius 1 is 1.39 bits per heavy atom. The highest BCUT2D eigenvalue weighted by Crippen LogP contribution is 2.20. The highest BCUT2D eigenvalue weighted by molar-refractivity contribution is 5.94. The van der Waals surface area contributed by atoms with E-state index in [0.29, 0.717) is 12.1 Å². The maximum Gasteiger partial charge on any atom is 0.251 e. The largest absolute Gasteiger partial charge is 0.496 e. The zero-order chi connectivity index (χ0) is 13.5. The Morgan fingerprint density at radius 2 is 2.11 bits per heavy atom. The summed E-state index contributed by atoms with van der Waals surface area (Å²) in [5.41, 5.74) is 1.75. The molecular weight excluding hydrogens is 228 g/mol. The summed E-state index contributed by atoms with van der Waals surface area (Å²) in [6.45, 7) is 3.54. The predicted molar refractivity (Wildman–Crippen MR) is 73.3 cm³/mol. The van der Waals surface area contributed by atoms with Crippen LogP contribution >= 0.6 is 0 Å². The molecule has 0 aliphatic rings. The van der Waals surface area contributed by atoms with Gasteiger partial charge in [-0.05, 0) is 38.2 Å². The maximum absolute atomic E-state index is 11.9. The van der Waals surface area contributed by atoms with Gasteiger partial charge in [-0.15, -0.1) is 0 Å². The molecule has 0 fully saturated rings. The lowest BCUT2D eigenvalue weighted by atomic mass is 10.1. The first kappa shape index (κ1) is 14.5. The number of hydrogen-bond acceptors (Lipinski definition) is 3. The van der Waals surface area contributed by atoms with Gasteiger partial charge in [0.2, 0.25) is 0 Å². The van der Waals surface area contributed by atoms with Crippen molar-refractivity contribution in [1.82, 2.24) is 10.2 Å². The number of nitrogens with zero attached hydrogens (tertiary/aromatic N) is 1. The fraction of sp³-hybridized carbons (Fsp3) is 0.500. The molecule has 0 aromatic heterocycles. The lowest BCUT2D eigenvalue weighted by Crippen LogP contribution is -2.31. The highest BCUT2D eigenvalue weighted by Gasteiger charge is 2.08. The normalized spacial score (nSPS) is 10.5. The van der Waals surface area contributed by atoms with Gasteiger partial charge < -0.3 is 15.0 Å². The molecule has 0 atom stereocenters. The first-order valence-electron chi connectivity index (χ1n) is 6.18. The summed E-state index contributed by atoms with van der Waals surface area (Å²) in [7, 11) is 5.58. The molecule has 0 unspecified atom stereocenters. The van der Waals surface area contributed by atoms with Gasteiger partial charge in [0.05, 0.1) is 7.11 Å². The second-order valence-electron chi connectivity index (χ2n) is 4.44. The molecule has 100 valence electrons. The number of likely N-dealkylation sites (N-methyl/N-ethyl adjacent to an activating group) is 1. The molecule has 0 saturated carbocycles. The molecule has 4 heteroatoms. The summed E-state index contributed by atoms with van der Waals surface area (Å²) in [5, 5.41) is 2.88. The van der Waals surface area contributed by atoms with Gasteiger partial charge in [-0.2, -0.15) is 0 Å². The van der Waals surface area contributed by atoms with Crippen LogP contribution in [0.5, 0.6) is 5.75 Å². The number of rotatable bonds is 6. The molecule has 0 aliphatic heterocycles. The zero-order valence-corrected chi connectivity index (χ0v) is 11.6. The molecular formula is C14H22N2O2. The summed E-state index contributed by atoms with van der Waals surface area (Å²) in [4.78, 5) is 13.9. The monoisotopic (exact) mass is 250 g/mol. The van der Waals surface area contributed by atoms with E-state index in [1.807, 2.05) is 31.1 Å². The first-order chi connectivity index (χ1) is 8.58. The van der Waals surface area contributed by atoms with E-state index < -0.39 is 0 Å². The van der Waals surface area contributed by atoms with Crippen LogP contribution in [0.1, 0.15) is 22.8 Å². The number of ether oxygens (including phenoxy) is 1. The van der Waals surface area contributed by atoms with Crippen molar-refractivity contribution >= 4 is 5.91 Å². The molecule has 1 aromatic carbocycles. The summed E-state index contributed by atoms with van der Waals surface area (Å²) < 4.78 is 5.28. The fourth-order valence-electron chi connectivity index (χ4n) is 1.67. The van der Waals surface area contributed by atoms with Crippen LogP contribution in [-0.2, 0) is 6.42 Å². The lowest BCUT2D eigenvalue weighted by Gasteiger charge is -2.12. The number of nitrogens with one attached hydrogen (secondary N) is 1. The van der Waals surface area contributed by atoms with E-state index in [9.17, 15) is 4.79 Å². The summed E-state index contributed by atoms with van der Waals surface area (Å²) >= 11 is 0. The minimum absolute atomic E-state index is 0.0576. The number of methoxy groups -OCH3 is 1. The third-order valence-corrected chi connectivity index (χ3v) is 2.77. The highest BCUT2D eigenvalue weighted by atomic mass is 16.5. The predicted octanol–water partition coefficient (Wildman–Crippen LogP) is 1.55. The Hall–Kier alpha value is -1.55. The van der Waals surface area contributed by atoms with Gasteiger partial charge in [-0.3, -0.25) is 4.79 Å². The first-order valence-corrected chi connectivity index (χ1v) is 6.18. The smallest absolute Gasteiger partial charge is 0.251 e. The Balaban J connectivity index is 2.68. The Bertz CT molecular complexity index is 403. The van der Waals surface area contributed by atoms with Crippen LogP contribution in [0.3, 0.4) is 0 Å². The van der Waals surface area contributed by atoms with E-state index in [1.54, 1.807) is 13.2 Å². The zero-order valence-electron chi connectivity index (χ0n) is 11.6. The number of hydrogen-bond donors (Lipinski definition) is 1. The molecule has 0 radical (unpaired) electrons. The van der Waals surface area contributed by atoms with Crippen molar-refractivity contribution < 1.29 is 9.53 Å². The second kappa shape index (κ2) is 7.01. The van der Waals surface area contributed by atoms with Gasteiger partial charge >= 0.3 is 0 Å². The molecule has 0 saturated heterocycles. The van der Waals surface area contributed by atoms with Gasteiger partial charge in [0.25, 0.3) is 5.91 Å². The van der Waals surface area contributed by atoms with Crippen molar-refractivity contribution in [3.05, 3.63) is 29.3 Å².